The van der Waals surface area contributed by atoms with Crippen LogP contribution in [0.25, 0.3) is 22.3 Å². The summed E-state index contributed by atoms with van der Waals surface area (Å²) in [4.78, 5) is 8.44. The summed E-state index contributed by atoms with van der Waals surface area (Å²) in [7, 11) is 0. The first-order valence-electron chi connectivity index (χ1n) is 25.4. The average Bonchev–Trinajstić information content (AvgIpc) is 3.40. The van der Waals surface area contributed by atoms with E-state index in [9.17, 15) is 0 Å². The molecule has 10 heteroatoms. The van der Waals surface area contributed by atoms with Crippen molar-refractivity contribution in [3.8, 4) is 68.2 Å². The highest BCUT2D eigenvalue weighted by Gasteiger charge is 2.38. The van der Waals surface area contributed by atoms with E-state index < -0.39 is 12.6 Å². The summed E-state index contributed by atoms with van der Waals surface area (Å²) in [5.41, 5.74) is 14.6. The normalized spacial score (nSPS) is 20.7. The third-order valence-corrected chi connectivity index (χ3v) is 15.4. The van der Waals surface area contributed by atoms with E-state index in [2.05, 4.69) is 135 Å². The highest BCUT2D eigenvalue weighted by molar-refractivity contribution is 5.67. The van der Waals surface area contributed by atoms with Gasteiger partial charge in [-0.2, -0.15) is 0 Å². The van der Waals surface area contributed by atoms with E-state index in [1.165, 1.54) is 0 Å². The average molecular weight is 955 g/mol. The van der Waals surface area contributed by atoms with Gasteiger partial charge in [0.15, 0.2) is 0 Å². The van der Waals surface area contributed by atoms with Crippen molar-refractivity contribution in [2.75, 3.05) is 13.6 Å². The SMILES string of the molecule is CCC1c2cc3c4cc2OCOc2cc5c(cc21)C(CC)c1cc2c(cc1OC(c1ccc(-c6ccncc6)cc1)O5)OCOc1cc(c(cc1C2CC)C3CC)OC(c1ccc(-c2ccncc2)cc1)O4. The second kappa shape index (κ2) is 18.0. The Morgan fingerprint density at radius 2 is 0.569 bits per heavy atom. The van der Waals surface area contributed by atoms with Crippen LogP contribution in [0.15, 0.2) is 146 Å². The van der Waals surface area contributed by atoms with Gasteiger partial charge in [0.1, 0.15) is 46.0 Å². The van der Waals surface area contributed by atoms with Gasteiger partial charge in [0.25, 0.3) is 12.6 Å². The van der Waals surface area contributed by atoms with Crippen LogP contribution in [0.4, 0.5) is 0 Å². The first-order valence-corrected chi connectivity index (χ1v) is 25.4. The Morgan fingerprint density at radius 3 is 0.833 bits per heavy atom. The molecule has 0 amide bonds. The zero-order valence-electron chi connectivity index (χ0n) is 40.7. The maximum atomic E-state index is 7.14. The second-order valence-corrected chi connectivity index (χ2v) is 19.2. The first-order chi connectivity index (χ1) is 35.5. The maximum absolute atomic E-state index is 7.14. The molecule has 72 heavy (non-hydrogen) atoms. The van der Waals surface area contributed by atoms with Crippen molar-refractivity contribution in [2.24, 2.45) is 0 Å². The molecule has 0 radical (unpaired) electrons. The lowest BCUT2D eigenvalue weighted by Gasteiger charge is -2.36. The molecule has 13 rings (SSSR count). The van der Waals surface area contributed by atoms with E-state index in [-0.39, 0.29) is 37.3 Å². The molecule has 8 aromatic rings. The van der Waals surface area contributed by atoms with E-state index in [1.54, 1.807) is 0 Å². The Kier molecular flexibility index (Phi) is 11.0. The Balaban J connectivity index is 1.04. The van der Waals surface area contributed by atoms with Crippen LogP contribution in [0.3, 0.4) is 0 Å². The molecule has 4 aliphatic heterocycles. The number of hydrogen-bond acceptors (Lipinski definition) is 10. The van der Waals surface area contributed by atoms with Gasteiger partial charge in [-0.05, 0) is 96.5 Å². The molecule has 360 valence electrons. The van der Waals surface area contributed by atoms with E-state index >= 15 is 0 Å². The Morgan fingerprint density at radius 1 is 0.319 bits per heavy atom. The molecule has 1 aliphatic carbocycles. The van der Waals surface area contributed by atoms with E-state index in [1.807, 2.05) is 49.1 Å². The quantitative estimate of drug-likeness (QED) is 0.146. The molecule has 5 aliphatic rings. The van der Waals surface area contributed by atoms with Gasteiger partial charge in [-0.15, -0.1) is 0 Å². The van der Waals surface area contributed by atoms with Gasteiger partial charge in [-0.3, -0.25) is 9.97 Å². The highest BCUT2D eigenvalue weighted by Crippen LogP contribution is 2.56. The van der Waals surface area contributed by atoms with Gasteiger partial charge in [0.2, 0.25) is 13.6 Å². The summed E-state index contributed by atoms with van der Waals surface area (Å²) in [6.45, 7) is 8.92. The fourth-order valence-corrected chi connectivity index (χ4v) is 11.7. The molecule has 0 fully saturated rings. The summed E-state index contributed by atoms with van der Waals surface area (Å²) in [6, 6.07) is 42.4. The molecular formula is C62H54N2O8. The van der Waals surface area contributed by atoms with Crippen molar-refractivity contribution >= 4 is 0 Å². The fraction of sp³-hybridized carbons (Fsp3) is 0.258. The summed E-state index contributed by atoms with van der Waals surface area (Å²) in [5, 5.41) is 0. The zero-order valence-corrected chi connectivity index (χ0v) is 40.7. The molecule has 0 unspecified atom stereocenters. The molecule has 6 aromatic carbocycles. The third kappa shape index (κ3) is 7.45. The Labute approximate surface area is 419 Å². The molecule has 0 atom stereocenters. The van der Waals surface area contributed by atoms with Crippen LogP contribution in [0.2, 0.25) is 0 Å². The predicted molar refractivity (Wildman–Crippen MR) is 274 cm³/mol. The molecule has 10 nitrogen and oxygen atoms in total. The van der Waals surface area contributed by atoms with Crippen molar-refractivity contribution in [1.82, 2.24) is 9.97 Å². The van der Waals surface area contributed by atoms with Crippen LogP contribution < -0.4 is 37.9 Å². The maximum Gasteiger partial charge on any atom is 0.267 e. The third-order valence-electron chi connectivity index (χ3n) is 15.4. The lowest BCUT2D eigenvalue weighted by molar-refractivity contribution is -0.00136. The number of rotatable bonds is 8. The number of nitrogens with zero attached hydrogens (tertiary/aromatic N) is 2. The lowest BCUT2D eigenvalue weighted by atomic mass is 9.77. The van der Waals surface area contributed by atoms with Crippen LogP contribution in [0, 0.1) is 0 Å². The van der Waals surface area contributed by atoms with E-state index in [4.69, 9.17) is 37.9 Å². The molecule has 0 N–H and O–H groups in total. The van der Waals surface area contributed by atoms with Gasteiger partial charge in [-0.25, -0.2) is 0 Å². The smallest absolute Gasteiger partial charge is 0.267 e. The van der Waals surface area contributed by atoms with Crippen molar-refractivity contribution in [2.45, 2.75) is 89.6 Å². The van der Waals surface area contributed by atoms with Gasteiger partial charge in [0, 0.05) is 128 Å². The summed E-state index contributed by atoms with van der Waals surface area (Å²) in [5.74, 6) is 5.27. The van der Waals surface area contributed by atoms with Crippen LogP contribution in [-0.4, -0.2) is 23.6 Å². The standard InChI is InChI=1S/C62H54N2O8/c1-5-41-45-25-49-43(7-3)51-27-47-42(6-2)48-28-52-44(8-4)50-26-46(41)54-30-58(50)70-62(40-15-11-36(12-16-40)38-19-23-64-24-20-38)72-60(52)32-56(48)68-34-67-55(47)31-59(51)71-61(69-57(49)29-53(45)65-33-66-54)39-13-9-35(10-14-39)37-17-21-63-22-18-37/h9-32,41-44,61-62H,5-8,33-34H2,1-4H3. The second-order valence-electron chi connectivity index (χ2n) is 19.2. The predicted octanol–water partition coefficient (Wildman–Crippen LogP) is 14.7. The number of hydrogen-bond donors (Lipinski definition) is 0. The number of aromatic nitrogens is 2. The molecule has 0 spiro atoms. The number of pyridine rings is 2. The van der Waals surface area contributed by atoms with Crippen LogP contribution >= 0.6 is 0 Å². The molecule has 2 aromatic heterocycles. The van der Waals surface area contributed by atoms with Crippen molar-refractivity contribution in [3.05, 3.63) is 202 Å². The topological polar surface area (TPSA) is 99.6 Å². The van der Waals surface area contributed by atoms with Crippen molar-refractivity contribution < 1.29 is 37.9 Å². The Bertz CT molecular complexity index is 2990. The highest BCUT2D eigenvalue weighted by atomic mass is 16.7. The number of ether oxygens (including phenoxy) is 8. The van der Waals surface area contributed by atoms with Crippen molar-refractivity contribution in [3.63, 3.8) is 0 Å². The summed E-state index contributed by atoms with van der Waals surface area (Å²) in [6.07, 6.45) is 8.75. The van der Waals surface area contributed by atoms with Crippen LogP contribution in [-0.2, 0) is 0 Å². The van der Waals surface area contributed by atoms with Crippen molar-refractivity contribution in [1.29, 1.82) is 0 Å². The molecule has 6 heterocycles. The Hall–Kier alpha value is -7.98. The van der Waals surface area contributed by atoms with Gasteiger partial charge < -0.3 is 37.9 Å². The largest absolute Gasteiger partial charge is 0.457 e. The zero-order chi connectivity index (χ0) is 48.5. The summed E-state index contributed by atoms with van der Waals surface area (Å²) >= 11 is 0. The molecular weight excluding hydrogens is 901 g/mol. The van der Waals surface area contributed by atoms with Crippen LogP contribution in [0.1, 0.15) is 145 Å². The molecule has 8 bridgehead atoms. The number of benzene rings is 6. The molecule has 0 saturated carbocycles. The monoisotopic (exact) mass is 954 g/mol. The lowest BCUT2D eigenvalue weighted by Crippen LogP contribution is -2.24. The fourth-order valence-electron chi connectivity index (χ4n) is 11.7. The van der Waals surface area contributed by atoms with Gasteiger partial charge >= 0.3 is 0 Å². The summed E-state index contributed by atoms with van der Waals surface area (Å²) < 4.78 is 55.3. The minimum absolute atomic E-state index is 0.0163. The van der Waals surface area contributed by atoms with Gasteiger partial charge in [0.05, 0.1) is 0 Å². The minimum Gasteiger partial charge on any atom is -0.457 e. The van der Waals surface area contributed by atoms with Crippen LogP contribution in [0.5, 0.6) is 46.0 Å². The minimum atomic E-state index is -0.810. The first kappa shape index (κ1) is 44.0. The van der Waals surface area contributed by atoms with E-state index in [0.717, 1.165) is 104 Å². The molecule has 0 saturated heterocycles. The van der Waals surface area contributed by atoms with E-state index in [0.29, 0.717) is 46.0 Å². The van der Waals surface area contributed by atoms with Gasteiger partial charge in [-0.1, -0.05) is 76.2 Å².